The number of imidazole rings is 2. The highest BCUT2D eigenvalue weighted by Crippen LogP contribution is 2.41. The zero-order valence-electron chi connectivity index (χ0n) is 29.1. The van der Waals surface area contributed by atoms with E-state index in [1.165, 1.54) is 37.5 Å². The van der Waals surface area contributed by atoms with Crippen molar-refractivity contribution in [2.24, 2.45) is 5.14 Å². The number of nitrogens with zero attached hydrogens (tertiary/aromatic N) is 6. The Balaban J connectivity index is 1.17. The van der Waals surface area contributed by atoms with Crippen LogP contribution in [0.1, 0.15) is 36.2 Å². The number of rotatable bonds is 11. The van der Waals surface area contributed by atoms with Crippen LogP contribution in [-0.4, -0.2) is 108 Å². The summed E-state index contributed by atoms with van der Waals surface area (Å²) in [6.07, 6.45) is -0.265. The van der Waals surface area contributed by atoms with Gasteiger partial charge in [-0.25, -0.2) is 28.1 Å². The maximum atomic E-state index is 12.9. The molecule has 1 saturated heterocycles. The van der Waals surface area contributed by atoms with Gasteiger partial charge in [0.15, 0.2) is 17.0 Å². The topological polar surface area (TPSA) is 279 Å². The SMILES string of the molecule is Cc1[nH]c(=O)n([C@H]2C[C@@H](n3cnc4c(N[C@H](CO)Cc5ccccc5)nc(N5CC[C@@H](NC(=O)Nc6cccc(S(N)(=O)=O)c6)C5)nc43)[C@H](O)[C@@H]2O)c1O. The van der Waals surface area contributed by atoms with Crippen LogP contribution in [0.5, 0.6) is 5.88 Å². The standard InChI is InChI=1S/C34H41N11O8S/c1-18-31(49)45(34(51)37-18)25-14-24(27(47)28(25)48)44-17-36-26-29(38-22(16-46)12-19-6-3-2-4-7-19)41-32(42-30(26)44)43-11-10-21(15-43)40-33(50)39-20-8-5-9-23(13-20)54(35,52)53/h2-9,13,17,21-22,24-25,27-28,46-49H,10-12,14-16H2,1H3,(H,37,51)(H2,35,52,53)(H,38,41,42)(H2,39,40,50)/t21-,22+,24-,25+,27+,28-/m1/s1. The summed E-state index contributed by atoms with van der Waals surface area (Å²) in [6.45, 7) is 2.04. The molecule has 0 spiro atoms. The molecule has 5 aromatic rings. The molecule has 10 N–H and O–H groups in total. The van der Waals surface area contributed by atoms with Crippen LogP contribution in [0.25, 0.3) is 11.2 Å². The minimum absolute atomic E-state index is 0.0544. The summed E-state index contributed by atoms with van der Waals surface area (Å²) in [7, 11) is -3.96. The summed E-state index contributed by atoms with van der Waals surface area (Å²) in [5, 5.41) is 57.4. The number of aromatic hydroxyl groups is 1. The summed E-state index contributed by atoms with van der Waals surface area (Å²) in [6, 6.07) is 12.1. The maximum absolute atomic E-state index is 12.9. The van der Waals surface area contributed by atoms with Crippen molar-refractivity contribution in [2.75, 3.05) is 35.2 Å². The lowest BCUT2D eigenvalue weighted by molar-refractivity contribution is 0.00761. The Morgan fingerprint density at radius 3 is 2.56 bits per heavy atom. The molecule has 19 nitrogen and oxygen atoms in total. The highest BCUT2D eigenvalue weighted by Gasteiger charge is 2.46. The van der Waals surface area contributed by atoms with E-state index in [2.05, 4.69) is 25.9 Å². The molecule has 2 aromatic carbocycles. The number of hydrogen-bond donors (Lipinski definition) is 9. The Morgan fingerprint density at radius 1 is 1.09 bits per heavy atom. The predicted molar refractivity (Wildman–Crippen MR) is 197 cm³/mol. The molecule has 0 bridgehead atoms. The lowest BCUT2D eigenvalue weighted by Gasteiger charge is -2.22. The summed E-state index contributed by atoms with van der Waals surface area (Å²) in [4.78, 5) is 44.1. The van der Waals surface area contributed by atoms with Gasteiger partial charge in [0.05, 0.1) is 41.6 Å². The highest BCUT2D eigenvalue weighted by atomic mass is 32.2. The molecule has 54 heavy (non-hydrogen) atoms. The van der Waals surface area contributed by atoms with Crippen molar-refractivity contribution in [3.63, 3.8) is 0 Å². The summed E-state index contributed by atoms with van der Waals surface area (Å²) < 4.78 is 26.2. The van der Waals surface area contributed by atoms with Gasteiger partial charge in [-0.05, 0) is 49.9 Å². The second-order valence-electron chi connectivity index (χ2n) is 13.6. The van der Waals surface area contributed by atoms with Gasteiger partial charge in [-0.1, -0.05) is 36.4 Å². The first-order chi connectivity index (χ1) is 25.8. The Morgan fingerprint density at radius 2 is 1.85 bits per heavy atom. The highest BCUT2D eigenvalue weighted by molar-refractivity contribution is 7.89. The van der Waals surface area contributed by atoms with E-state index in [0.717, 1.165) is 10.1 Å². The van der Waals surface area contributed by atoms with Crippen LogP contribution in [0, 0.1) is 6.92 Å². The number of anilines is 3. The molecule has 0 unspecified atom stereocenters. The van der Waals surface area contributed by atoms with Gasteiger partial charge in [0.1, 0.15) is 12.2 Å². The summed E-state index contributed by atoms with van der Waals surface area (Å²) >= 11 is 0. The monoisotopic (exact) mass is 763 g/mol. The first-order valence-corrected chi connectivity index (χ1v) is 18.8. The molecular weight excluding hydrogens is 723 g/mol. The minimum Gasteiger partial charge on any atom is -0.493 e. The number of carbonyl (C=O) groups excluding carboxylic acids is 1. The first-order valence-electron chi connectivity index (χ1n) is 17.3. The van der Waals surface area contributed by atoms with Gasteiger partial charge in [-0.15, -0.1) is 0 Å². The van der Waals surface area contributed by atoms with Crippen molar-refractivity contribution in [2.45, 2.75) is 67.5 Å². The molecule has 1 aliphatic heterocycles. The van der Waals surface area contributed by atoms with Crippen molar-refractivity contribution in [3.8, 4) is 5.88 Å². The number of aromatic nitrogens is 6. The number of primary sulfonamides is 1. The van der Waals surface area contributed by atoms with E-state index in [1.807, 2.05) is 35.2 Å². The van der Waals surface area contributed by atoms with E-state index < -0.39 is 52.1 Å². The van der Waals surface area contributed by atoms with Crippen LogP contribution >= 0.6 is 0 Å². The zero-order chi connectivity index (χ0) is 38.3. The Kier molecular flexibility index (Phi) is 10.0. The third-order valence-electron chi connectivity index (χ3n) is 9.91. The molecule has 286 valence electrons. The van der Waals surface area contributed by atoms with E-state index in [4.69, 9.17) is 15.1 Å². The fourth-order valence-corrected chi connectivity index (χ4v) is 7.74. The number of sulfonamides is 1. The third-order valence-corrected chi connectivity index (χ3v) is 10.8. The molecule has 0 radical (unpaired) electrons. The number of aliphatic hydroxyl groups excluding tert-OH is 3. The number of benzene rings is 2. The van der Waals surface area contributed by atoms with Gasteiger partial charge < -0.3 is 50.8 Å². The van der Waals surface area contributed by atoms with Crippen LogP contribution in [0.3, 0.4) is 0 Å². The van der Waals surface area contributed by atoms with Crippen LogP contribution in [-0.2, 0) is 16.4 Å². The Labute approximate surface area is 308 Å². The van der Waals surface area contributed by atoms with Gasteiger partial charge >= 0.3 is 11.7 Å². The molecule has 4 heterocycles. The lowest BCUT2D eigenvalue weighted by Crippen LogP contribution is -2.40. The number of H-pyrrole nitrogens is 1. The molecule has 2 amide bonds. The number of nitrogens with two attached hydrogens (primary N) is 1. The number of nitrogens with one attached hydrogen (secondary N) is 4. The van der Waals surface area contributed by atoms with Crippen LogP contribution in [0.2, 0.25) is 0 Å². The van der Waals surface area contributed by atoms with Gasteiger partial charge in [0.25, 0.3) is 0 Å². The first kappa shape index (κ1) is 36.8. The van der Waals surface area contributed by atoms with Gasteiger partial charge in [0, 0.05) is 24.8 Å². The molecular formula is C34H41N11O8S. The quantitative estimate of drug-likeness (QED) is 0.0877. The van der Waals surface area contributed by atoms with E-state index in [1.54, 1.807) is 4.57 Å². The van der Waals surface area contributed by atoms with E-state index in [0.29, 0.717) is 42.9 Å². The number of aliphatic hydroxyl groups is 3. The molecule has 20 heteroatoms. The van der Waals surface area contributed by atoms with Crippen molar-refractivity contribution < 1.29 is 33.6 Å². The zero-order valence-corrected chi connectivity index (χ0v) is 29.9. The Bertz CT molecular complexity index is 2330. The van der Waals surface area contributed by atoms with E-state index >= 15 is 0 Å². The van der Waals surface area contributed by atoms with Crippen molar-refractivity contribution in [3.05, 3.63) is 82.7 Å². The average Bonchev–Trinajstić information content (AvgIpc) is 3.90. The number of aromatic amines is 1. The summed E-state index contributed by atoms with van der Waals surface area (Å²) in [5.41, 5.74) is 1.48. The average molecular weight is 764 g/mol. The fraction of sp³-hybridized carbons (Fsp3) is 0.382. The Hall–Kier alpha value is -5.54. The number of urea groups is 1. The largest absolute Gasteiger partial charge is 0.493 e. The summed E-state index contributed by atoms with van der Waals surface area (Å²) in [5.74, 6) is 0.251. The van der Waals surface area contributed by atoms with E-state index in [9.17, 15) is 38.4 Å². The molecule has 1 saturated carbocycles. The number of fused-ring (bicyclic) bond motifs is 1. The fourth-order valence-electron chi connectivity index (χ4n) is 7.18. The number of carbonyl (C=O) groups is 1. The second kappa shape index (κ2) is 14.7. The molecule has 7 rings (SSSR count). The van der Waals surface area contributed by atoms with E-state index in [-0.39, 0.29) is 47.2 Å². The van der Waals surface area contributed by atoms with Gasteiger partial charge in [-0.2, -0.15) is 9.97 Å². The molecule has 1 aliphatic carbocycles. The molecule has 6 atom stereocenters. The lowest BCUT2D eigenvalue weighted by atomic mass is 10.1. The normalized spacial score (nSPS) is 22.1. The van der Waals surface area contributed by atoms with Crippen molar-refractivity contribution >= 4 is 44.7 Å². The molecule has 2 fully saturated rings. The number of aryl methyl sites for hydroxylation is 1. The van der Waals surface area contributed by atoms with Crippen molar-refractivity contribution in [1.29, 1.82) is 0 Å². The van der Waals surface area contributed by atoms with Crippen LogP contribution in [0.4, 0.5) is 22.2 Å². The maximum Gasteiger partial charge on any atom is 0.328 e. The number of hydrogen-bond acceptors (Lipinski definition) is 13. The minimum atomic E-state index is -3.96. The smallest absolute Gasteiger partial charge is 0.328 e. The molecule has 2 aliphatic rings. The second-order valence-corrected chi connectivity index (χ2v) is 15.2. The van der Waals surface area contributed by atoms with Gasteiger partial charge in [-0.3, -0.25) is 4.57 Å². The van der Waals surface area contributed by atoms with Crippen LogP contribution in [0.15, 0.2) is 70.6 Å². The molecule has 3 aromatic heterocycles. The predicted octanol–water partition coefficient (Wildman–Crippen LogP) is 0.301. The number of amides is 2. The third kappa shape index (κ3) is 7.33. The van der Waals surface area contributed by atoms with Crippen molar-refractivity contribution in [1.82, 2.24) is 34.4 Å². The van der Waals surface area contributed by atoms with Gasteiger partial charge in [0.2, 0.25) is 21.9 Å². The van der Waals surface area contributed by atoms with Crippen LogP contribution < -0.4 is 31.7 Å².